The highest BCUT2D eigenvalue weighted by Crippen LogP contribution is 2.63. The predicted molar refractivity (Wildman–Crippen MR) is 124 cm³/mol. The fourth-order valence-corrected chi connectivity index (χ4v) is 6.61. The average molecular weight is 500 g/mol. The number of hydrogen-bond acceptors (Lipinski definition) is 5. The first-order valence-corrected chi connectivity index (χ1v) is 12.1. The number of rotatable bonds is 6. The van der Waals surface area contributed by atoms with Crippen LogP contribution in [0.15, 0.2) is 54.6 Å². The molecule has 6 nitrogen and oxygen atoms in total. The maximum atomic E-state index is 14.2. The summed E-state index contributed by atoms with van der Waals surface area (Å²) in [5.74, 6) is -3.08. The summed E-state index contributed by atoms with van der Waals surface area (Å²) in [5.41, 5.74) is -3.70. The minimum Gasteiger partial charge on any atom is -0.367 e. The van der Waals surface area contributed by atoms with Gasteiger partial charge in [0, 0.05) is 13.1 Å². The Hall–Kier alpha value is -2.96. The number of hydrogen-bond donors (Lipinski definition) is 0. The fourth-order valence-electron chi connectivity index (χ4n) is 6.61. The molecule has 5 rings (SSSR count). The van der Waals surface area contributed by atoms with E-state index in [1.54, 1.807) is 6.92 Å². The van der Waals surface area contributed by atoms with Crippen LogP contribution in [-0.2, 0) is 20.9 Å². The van der Waals surface area contributed by atoms with Crippen LogP contribution in [0.1, 0.15) is 31.7 Å². The summed E-state index contributed by atoms with van der Waals surface area (Å²) in [4.78, 5) is 30.2. The number of carbonyl (C=O) groups excluding carboxylic acids is 2. The Morgan fingerprint density at radius 1 is 1.14 bits per heavy atom. The molecule has 3 heterocycles. The van der Waals surface area contributed by atoms with Crippen LogP contribution in [0.3, 0.4) is 0 Å². The molecular formula is C27H28F3N3O3. The van der Waals surface area contributed by atoms with E-state index in [0.717, 1.165) is 23.8 Å². The lowest BCUT2D eigenvalue weighted by molar-refractivity contribution is -0.201. The zero-order valence-electron chi connectivity index (χ0n) is 20.2. The Morgan fingerprint density at radius 2 is 1.83 bits per heavy atom. The van der Waals surface area contributed by atoms with Crippen molar-refractivity contribution in [1.82, 2.24) is 9.80 Å². The number of halogens is 3. The third-order valence-electron chi connectivity index (χ3n) is 8.42. The van der Waals surface area contributed by atoms with Crippen LogP contribution in [0, 0.1) is 28.6 Å². The van der Waals surface area contributed by atoms with Gasteiger partial charge in [0.25, 0.3) is 0 Å². The van der Waals surface area contributed by atoms with Crippen molar-refractivity contribution < 1.29 is 27.5 Å². The van der Waals surface area contributed by atoms with Gasteiger partial charge < -0.3 is 9.64 Å². The third-order valence-corrected chi connectivity index (χ3v) is 8.42. The molecule has 6 atom stereocenters. The maximum Gasteiger partial charge on any atom is 0.412 e. The summed E-state index contributed by atoms with van der Waals surface area (Å²) in [6.07, 6.45) is 0.976. The number of allylic oxidation sites excluding steroid dienone is 2. The van der Waals surface area contributed by atoms with Gasteiger partial charge in [-0.15, -0.1) is 0 Å². The molecule has 3 saturated heterocycles. The van der Waals surface area contributed by atoms with E-state index < -0.39 is 52.5 Å². The molecule has 9 heteroatoms. The van der Waals surface area contributed by atoms with Crippen LogP contribution in [0.25, 0.3) is 0 Å². The normalized spacial score (nSPS) is 37.1. The van der Waals surface area contributed by atoms with Gasteiger partial charge in [-0.3, -0.25) is 14.5 Å². The molecule has 1 aromatic carbocycles. The lowest BCUT2D eigenvalue weighted by Gasteiger charge is -2.39. The summed E-state index contributed by atoms with van der Waals surface area (Å²) >= 11 is 0. The third kappa shape index (κ3) is 3.46. The quantitative estimate of drug-likeness (QED) is 0.554. The minimum absolute atomic E-state index is 0.475. The van der Waals surface area contributed by atoms with Crippen molar-refractivity contribution >= 4 is 11.8 Å². The van der Waals surface area contributed by atoms with Crippen molar-refractivity contribution in [3.05, 3.63) is 60.2 Å². The molecule has 2 bridgehead atoms. The summed E-state index contributed by atoms with van der Waals surface area (Å²) in [6.45, 7) is 3.06. The minimum atomic E-state index is -4.97. The molecule has 3 aliphatic heterocycles. The number of amides is 2. The Bertz CT molecular complexity index is 1180. The molecule has 0 spiro atoms. The monoisotopic (exact) mass is 499 g/mol. The van der Waals surface area contributed by atoms with Crippen LogP contribution in [-0.4, -0.2) is 58.6 Å². The second kappa shape index (κ2) is 8.29. The molecule has 0 aromatic heterocycles. The number of carbonyl (C=O) groups is 2. The lowest BCUT2D eigenvalue weighted by Crippen LogP contribution is -2.56. The molecule has 0 N–H and O–H groups in total. The van der Waals surface area contributed by atoms with Crippen molar-refractivity contribution in [3.63, 3.8) is 0 Å². The number of benzene rings is 1. The standard InChI is InChI=1S/C27H28F3N3O3/c1-24-12-13-26(36-24,14-15-32(2)16-18-8-4-3-5-9-18)21-20(24)22(34)33(23(21)35)19-10-6-7-11-25(19,17-31)27(28,29)30/h3-11,19-21H,12-16H2,1-2H3. The molecular weight excluding hydrogens is 471 g/mol. The maximum absolute atomic E-state index is 14.2. The number of alkyl halides is 3. The van der Waals surface area contributed by atoms with E-state index in [4.69, 9.17) is 4.74 Å². The van der Waals surface area contributed by atoms with Crippen LogP contribution < -0.4 is 0 Å². The van der Waals surface area contributed by atoms with Gasteiger partial charge in [-0.25, -0.2) is 0 Å². The van der Waals surface area contributed by atoms with E-state index in [0.29, 0.717) is 37.3 Å². The van der Waals surface area contributed by atoms with Crippen LogP contribution >= 0.6 is 0 Å². The summed E-state index contributed by atoms with van der Waals surface area (Å²) in [6, 6.07) is 9.53. The second-order valence-corrected chi connectivity index (χ2v) is 10.6. The first-order chi connectivity index (χ1) is 17.0. The number of fused-ring (bicyclic) bond motifs is 5. The van der Waals surface area contributed by atoms with Crippen molar-refractivity contribution in [1.29, 1.82) is 5.26 Å². The Balaban J connectivity index is 1.42. The SMILES string of the molecule is CN(CCC12CCC(C)(O1)C1C(=O)N(C3C=CC=CC3(C#N)C(F)(F)F)C(=O)C12)Cc1ccccc1. The molecule has 4 aliphatic rings. The van der Waals surface area contributed by atoms with E-state index in [9.17, 15) is 28.0 Å². The average Bonchev–Trinajstić information content (AvgIpc) is 3.42. The second-order valence-electron chi connectivity index (χ2n) is 10.6. The van der Waals surface area contributed by atoms with Gasteiger partial charge in [0.1, 0.15) is 0 Å². The van der Waals surface area contributed by atoms with E-state index in [1.165, 1.54) is 12.1 Å². The predicted octanol–water partition coefficient (Wildman–Crippen LogP) is 4.00. The Kier molecular flexibility index (Phi) is 5.69. The smallest absolute Gasteiger partial charge is 0.367 e. The first-order valence-electron chi connectivity index (χ1n) is 12.1. The molecule has 6 unspecified atom stereocenters. The number of nitrogens with zero attached hydrogens (tertiary/aromatic N) is 3. The van der Waals surface area contributed by atoms with Gasteiger partial charge in [0.05, 0.1) is 35.1 Å². The Labute approximate surface area is 208 Å². The van der Waals surface area contributed by atoms with Crippen molar-refractivity contribution in [2.45, 2.75) is 56.2 Å². The van der Waals surface area contributed by atoms with Crippen molar-refractivity contribution in [2.75, 3.05) is 13.6 Å². The van der Waals surface area contributed by atoms with E-state index >= 15 is 0 Å². The molecule has 190 valence electrons. The van der Waals surface area contributed by atoms with Gasteiger partial charge in [0.15, 0.2) is 5.41 Å². The van der Waals surface area contributed by atoms with Crippen LogP contribution in [0.4, 0.5) is 13.2 Å². The summed E-state index contributed by atoms with van der Waals surface area (Å²) in [7, 11) is 1.96. The number of likely N-dealkylation sites (tertiary alicyclic amines) is 1. The number of imide groups is 1. The van der Waals surface area contributed by atoms with Crippen molar-refractivity contribution in [3.8, 4) is 6.07 Å². The highest BCUT2D eigenvalue weighted by atomic mass is 19.4. The lowest BCUT2D eigenvalue weighted by atomic mass is 9.67. The van der Waals surface area contributed by atoms with Gasteiger partial charge >= 0.3 is 6.18 Å². The zero-order valence-corrected chi connectivity index (χ0v) is 20.2. The Morgan fingerprint density at radius 3 is 2.50 bits per heavy atom. The highest BCUT2D eigenvalue weighted by molar-refractivity contribution is 6.07. The first kappa shape index (κ1) is 24.7. The summed E-state index contributed by atoms with van der Waals surface area (Å²) < 4.78 is 48.9. The van der Waals surface area contributed by atoms with Gasteiger partial charge in [-0.1, -0.05) is 54.6 Å². The highest BCUT2D eigenvalue weighted by Gasteiger charge is 2.75. The van der Waals surface area contributed by atoms with Crippen LogP contribution in [0.2, 0.25) is 0 Å². The van der Waals surface area contributed by atoms with E-state index in [2.05, 4.69) is 4.90 Å². The molecule has 3 fully saturated rings. The molecule has 36 heavy (non-hydrogen) atoms. The number of ether oxygens (including phenoxy) is 1. The molecule has 0 radical (unpaired) electrons. The van der Waals surface area contributed by atoms with Gasteiger partial charge in [-0.2, -0.15) is 18.4 Å². The molecule has 2 amide bonds. The zero-order chi connectivity index (χ0) is 25.9. The molecule has 1 aromatic rings. The topological polar surface area (TPSA) is 73.6 Å². The van der Waals surface area contributed by atoms with Gasteiger partial charge in [-0.05, 0) is 38.8 Å². The van der Waals surface area contributed by atoms with E-state index in [1.807, 2.05) is 37.4 Å². The van der Waals surface area contributed by atoms with Crippen molar-refractivity contribution in [2.24, 2.45) is 17.3 Å². The van der Waals surface area contributed by atoms with E-state index in [-0.39, 0.29) is 0 Å². The molecule has 0 saturated carbocycles. The number of nitriles is 1. The fraction of sp³-hybridized carbons (Fsp3) is 0.519. The van der Waals surface area contributed by atoms with Crippen LogP contribution in [0.5, 0.6) is 0 Å². The van der Waals surface area contributed by atoms with Gasteiger partial charge in [0.2, 0.25) is 11.8 Å². The largest absolute Gasteiger partial charge is 0.412 e. The molecule has 1 aliphatic carbocycles. The summed E-state index contributed by atoms with van der Waals surface area (Å²) in [5, 5.41) is 9.63.